The molecule has 1 heterocycles. The van der Waals surface area contributed by atoms with Crippen molar-refractivity contribution in [3.63, 3.8) is 0 Å². The predicted octanol–water partition coefficient (Wildman–Crippen LogP) is 3.81. The number of hydrogen-bond acceptors (Lipinski definition) is 8. The van der Waals surface area contributed by atoms with Crippen LogP contribution in [0, 0.1) is 10.1 Å². The SMILES string of the molecule is COc1ccc(S(=O)(=O)NCC2CN(c3ccccc3)C(=O)c3ccccc3N2S(=O)(=O)c2ccc([N+](=O)[O-])cc2)cc1. The van der Waals surface area contributed by atoms with E-state index >= 15 is 0 Å². The number of sulfonamides is 2. The minimum atomic E-state index is -4.48. The molecule has 1 aliphatic rings. The third kappa shape index (κ3) is 5.93. The Morgan fingerprint density at radius 3 is 2.09 bits per heavy atom. The average molecular weight is 623 g/mol. The number of amides is 1. The number of ether oxygens (including phenoxy) is 1. The number of carbonyl (C=O) groups excluding carboxylic acids is 1. The summed E-state index contributed by atoms with van der Waals surface area (Å²) in [6.45, 7) is -0.625. The van der Waals surface area contributed by atoms with Crippen LogP contribution in [0.15, 0.2) is 113 Å². The Bertz CT molecular complexity index is 1870. The molecule has 1 atom stereocenters. The summed E-state index contributed by atoms with van der Waals surface area (Å²) in [5.74, 6) is -0.0251. The van der Waals surface area contributed by atoms with E-state index in [2.05, 4.69) is 4.72 Å². The Labute approximate surface area is 248 Å². The number of nitro benzene ring substituents is 1. The van der Waals surface area contributed by atoms with Gasteiger partial charge in [-0.2, -0.15) is 0 Å². The van der Waals surface area contributed by atoms with Gasteiger partial charge < -0.3 is 9.64 Å². The fraction of sp³-hybridized carbons (Fsp3) is 0.138. The second-order valence-corrected chi connectivity index (χ2v) is 13.1. The minimum Gasteiger partial charge on any atom is -0.497 e. The van der Waals surface area contributed by atoms with Crippen molar-refractivity contribution in [1.82, 2.24) is 4.72 Å². The maximum atomic E-state index is 14.2. The number of nitro groups is 1. The topological polar surface area (TPSA) is 156 Å². The number of benzene rings is 4. The molecule has 12 nitrogen and oxygen atoms in total. The first-order chi connectivity index (χ1) is 20.5. The lowest BCUT2D eigenvalue weighted by Gasteiger charge is -2.33. The molecular formula is C29H26N4O8S2. The van der Waals surface area contributed by atoms with E-state index in [9.17, 15) is 31.7 Å². The Morgan fingerprint density at radius 2 is 1.47 bits per heavy atom. The molecule has 14 heteroatoms. The number of nitrogens with zero attached hydrogens (tertiary/aromatic N) is 3. The molecule has 0 bridgehead atoms. The summed E-state index contributed by atoms with van der Waals surface area (Å²) in [6.07, 6.45) is 0. The third-order valence-corrected chi connectivity index (χ3v) is 10.2. The molecule has 1 unspecified atom stereocenters. The highest BCUT2D eigenvalue weighted by Crippen LogP contribution is 2.35. The molecule has 222 valence electrons. The van der Waals surface area contributed by atoms with Gasteiger partial charge in [0.1, 0.15) is 5.75 Å². The summed E-state index contributed by atoms with van der Waals surface area (Å²) in [5.41, 5.74) is 0.305. The maximum Gasteiger partial charge on any atom is 0.269 e. The number of non-ortho nitro benzene ring substituents is 1. The van der Waals surface area contributed by atoms with Crippen LogP contribution in [-0.4, -0.2) is 53.9 Å². The van der Waals surface area contributed by atoms with Gasteiger partial charge in [0.15, 0.2) is 0 Å². The fourth-order valence-corrected chi connectivity index (χ4v) is 7.49. The minimum absolute atomic E-state index is 0.0397. The van der Waals surface area contributed by atoms with Gasteiger partial charge in [-0.05, 0) is 60.7 Å². The Morgan fingerprint density at radius 1 is 0.860 bits per heavy atom. The highest BCUT2D eigenvalue weighted by Gasteiger charge is 2.40. The summed E-state index contributed by atoms with van der Waals surface area (Å²) in [4.78, 5) is 25.5. The van der Waals surface area contributed by atoms with E-state index < -0.39 is 43.5 Å². The van der Waals surface area contributed by atoms with Crippen molar-refractivity contribution in [3.8, 4) is 5.75 Å². The molecule has 0 aliphatic carbocycles. The van der Waals surface area contributed by atoms with Gasteiger partial charge in [0, 0.05) is 30.9 Å². The Balaban J connectivity index is 1.62. The summed E-state index contributed by atoms with van der Waals surface area (Å²) >= 11 is 0. The van der Waals surface area contributed by atoms with Crippen molar-refractivity contribution >= 4 is 43.0 Å². The predicted molar refractivity (Wildman–Crippen MR) is 159 cm³/mol. The molecule has 4 aromatic rings. The quantitative estimate of drug-likeness (QED) is 0.218. The third-order valence-electron chi connectivity index (χ3n) is 6.89. The normalized spacial score (nSPS) is 15.5. The van der Waals surface area contributed by atoms with Gasteiger partial charge in [-0.1, -0.05) is 30.3 Å². The first-order valence-corrected chi connectivity index (χ1v) is 15.8. The van der Waals surface area contributed by atoms with Crippen LogP contribution in [0.3, 0.4) is 0 Å². The van der Waals surface area contributed by atoms with Gasteiger partial charge in [0.2, 0.25) is 10.0 Å². The van der Waals surface area contributed by atoms with Crippen LogP contribution in [0.2, 0.25) is 0 Å². The van der Waals surface area contributed by atoms with E-state index in [0.29, 0.717) is 11.4 Å². The Hall–Kier alpha value is -4.79. The van der Waals surface area contributed by atoms with Gasteiger partial charge in [0.25, 0.3) is 21.6 Å². The number of nitrogens with one attached hydrogen (secondary N) is 1. The van der Waals surface area contributed by atoms with Gasteiger partial charge in [0.05, 0.1) is 39.1 Å². The lowest BCUT2D eigenvalue weighted by Crippen LogP contribution is -2.51. The number of anilines is 2. The van der Waals surface area contributed by atoms with E-state index in [1.807, 2.05) is 0 Å². The van der Waals surface area contributed by atoms with Crippen LogP contribution < -0.4 is 18.7 Å². The molecule has 4 aromatic carbocycles. The lowest BCUT2D eigenvalue weighted by atomic mass is 10.1. The van der Waals surface area contributed by atoms with Gasteiger partial charge in [-0.25, -0.2) is 21.6 Å². The van der Waals surface area contributed by atoms with E-state index in [0.717, 1.165) is 28.6 Å². The molecule has 0 aromatic heterocycles. The summed E-state index contributed by atoms with van der Waals surface area (Å²) in [6, 6.07) is 23.6. The number of fused-ring (bicyclic) bond motifs is 1. The van der Waals surface area contributed by atoms with Crippen molar-refractivity contribution in [1.29, 1.82) is 0 Å². The second kappa shape index (κ2) is 11.8. The highest BCUT2D eigenvalue weighted by molar-refractivity contribution is 7.93. The van der Waals surface area contributed by atoms with Crippen LogP contribution in [0.1, 0.15) is 10.4 Å². The van der Waals surface area contributed by atoms with Gasteiger partial charge >= 0.3 is 0 Å². The molecule has 0 spiro atoms. The van der Waals surface area contributed by atoms with Crippen molar-refractivity contribution in [2.24, 2.45) is 0 Å². The fourth-order valence-electron chi connectivity index (χ4n) is 4.76. The molecule has 0 saturated carbocycles. The first-order valence-electron chi connectivity index (χ1n) is 12.9. The molecule has 0 fully saturated rings. The number of hydrogen-bond donors (Lipinski definition) is 1. The van der Waals surface area contributed by atoms with Crippen LogP contribution in [0.25, 0.3) is 0 Å². The lowest BCUT2D eigenvalue weighted by molar-refractivity contribution is -0.384. The van der Waals surface area contributed by atoms with Crippen molar-refractivity contribution in [3.05, 3.63) is 119 Å². The van der Waals surface area contributed by atoms with Crippen LogP contribution in [-0.2, 0) is 20.0 Å². The number of methoxy groups -OCH3 is 1. The molecule has 1 aliphatic heterocycles. The van der Waals surface area contributed by atoms with Crippen LogP contribution in [0.4, 0.5) is 17.1 Å². The van der Waals surface area contributed by atoms with E-state index in [-0.39, 0.29) is 33.3 Å². The van der Waals surface area contributed by atoms with Crippen LogP contribution >= 0.6 is 0 Å². The highest BCUT2D eigenvalue weighted by atomic mass is 32.2. The van der Waals surface area contributed by atoms with E-state index in [4.69, 9.17) is 4.74 Å². The summed E-state index contributed by atoms with van der Waals surface area (Å²) in [7, 11) is -7.15. The second-order valence-electron chi connectivity index (χ2n) is 9.50. The zero-order chi connectivity index (χ0) is 30.8. The molecule has 1 N–H and O–H groups in total. The van der Waals surface area contributed by atoms with Crippen molar-refractivity contribution < 1.29 is 31.3 Å². The van der Waals surface area contributed by atoms with Crippen LogP contribution in [0.5, 0.6) is 5.75 Å². The zero-order valence-corrected chi connectivity index (χ0v) is 24.4. The molecule has 43 heavy (non-hydrogen) atoms. The zero-order valence-electron chi connectivity index (χ0n) is 22.7. The molecule has 0 radical (unpaired) electrons. The van der Waals surface area contributed by atoms with Crippen molar-refractivity contribution in [2.75, 3.05) is 29.4 Å². The van der Waals surface area contributed by atoms with E-state index in [1.165, 1.54) is 48.4 Å². The summed E-state index contributed by atoms with van der Waals surface area (Å²) < 4.78 is 63.7. The molecule has 0 saturated heterocycles. The van der Waals surface area contributed by atoms with Gasteiger partial charge in [-0.3, -0.25) is 19.2 Å². The Kier molecular flexibility index (Phi) is 8.17. The number of carbonyl (C=O) groups is 1. The number of rotatable bonds is 9. The monoisotopic (exact) mass is 622 g/mol. The summed E-state index contributed by atoms with van der Waals surface area (Å²) in [5, 5.41) is 11.2. The first kappa shape index (κ1) is 29.7. The van der Waals surface area contributed by atoms with Gasteiger partial charge in [-0.15, -0.1) is 0 Å². The van der Waals surface area contributed by atoms with E-state index in [1.54, 1.807) is 42.5 Å². The molecule has 5 rings (SSSR count). The smallest absolute Gasteiger partial charge is 0.269 e. The van der Waals surface area contributed by atoms with Crippen molar-refractivity contribution in [2.45, 2.75) is 15.8 Å². The standard InChI is InChI=1S/C29H26N4O8S2/c1-41-24-13-17-25(18-14-24)42(37,38)30-19-23-20-31(21-7-3-2-4-8-21)29(34)27-9-5-6-10-28(27)32(23)43(39,40)26-15-11-22(12-16-26)33(35)36/h2-18,23,30H,19-20H2,1H3. The molecular weight excluding hydrogens is 596 g/mol. The number of para-hydroxylation sites is 2. The largest absolute Gasteiger partial charge is 0.497 e. The average Bonchev–Trinajstić information content (AvgIpc) is 3.15. The molecule has 1 amide bonds. The maximum absolute atomic E-state index is 14.2.